The van der Waals surface area contributed by atoms with E-state index in [4.69, 9.17) is 9.05 Å². The van der Waals surface area contributed by atoms with Crippen molar-refractivity contribution in [2.75, 3.05) is 40.9 Å². The van der Waals surface area contributed by atoms with Crippen molar-refractivity contribution in [2.45, 2.75) is 302 Å². The number of likely N-dealkylation sites (N-methyl/N-ethyl adjacent to an activating group) is 1. The van der Waals surface area contributed by atoms with Crippen molar-refractivity contribution in [3.63, 3.8) is 0 Å². The smallest absolute Gasteiger partial charge is 0.268 e. The number of nitrogens with zero attached hydrogens (tertiary/aromatic N) is 1. The second kappa shape index (κ2) is 56.7. The first kappa shape index (κ1) is 72.9. The Labute approximate surface area is 465 Å². The number of hydrogen-bond acceptors (Lipinski definition) is 6. The maximum atomic E-state index is 13.0. The van der Waals surface area contributed by atoms with Crippen molar-refractivity contribution in [3.8, 4) is 0 Å². The third-order valence-electron chi connectivity index (χ3n) is 14.2. The fraction of sp³-hybridized carbons (Fsp3) is 0.803. The predicted octanol–water partition coefficient (Wildman–Crippen LogP) is 19.2. The fourth-order valence-corrected chi connectivity index (χ4v) is 10.0. The third kappa shape index (κ3) is 59.4. The molecule has 75 heavy (non-hydrogen) atoms. The van der Waals surface area contributed by atoms with Gasteiger partial charge in [0.15, 0.2) is 0 Å². The number of phosphoric ester groups is 1. The van der Waals surface area contributed by atoms with Crippen LogP contribution in [0.15, 0.2) is 72.9 Å². The monoisotopic (exact) mass is 1070 g/mol. The average Bonchev–Trinajstić information content (AvgIpc) is 3.37. The van der Waals surface area contributed by atoms with Gasteiger partial charge in [0.1, 0.15) is 13.2 Å². The van der Waals surface area contributed by atoms with E-state index in [1.807, 2.05) is 21.1 Å². The Kier molecular flexibility index (Phi) is 55.1. The first-order valence-electron chi connectivity index (χ1n) is 31.8. The van der Waals surface area contributed by atoms with Crippen LogP contribution < -0.4 is 10.2 Å². The summed E-state index contributed by atoms with van der Waals surface area (Å²) in [6.07, 6.45) is 78.0. The number of unbranched alkanes of at least 4 members (excludes halogenated alkanes) is 33. The number of hydrogen-bond donors (Lipinski definition) is 2. The van der Waals surface area contributed by atoms with Crippen LogP contribution in [0.25, 0.3) is 0 Å². The van der Waals surface area contributed by atoms with Crippen molar-refractivity contribution < 1.29 is 32.9 Å². The number of phosphoric acid groups is 1. The minimum atomic E-state index is -4.58. The molecule has 0 aromatic carbocycles. The van der Waals surface area contributed by atoms with Gasteiger partial charge in [0.05, 0.1) is 39.9 Å². The van der Waals surface area contributed by atoms with E-state index in [2.05, 4.69) is 92.1 Å². The number of nitrogens with one attached hydrogen (secondary N) is 1. The molecule has 0 aliphatic carbocycles. The van der Waals surface area contributed by atoms with E-state index in [1.54, 1.807) is 0 Å². The van der Waals surface area contributed by atoms with Gasteiger partial charge in [-0.3, -0.25) is 9.36 Å². The van der Waals surface area contributed by atoms with Crippen molar-refractivity contribution >= 4 is 13.7 Å². The van der Waals surface area contributed by atoms with Gasteiger partial charge in [-0.1, -0.05) is 292 Å². The number of quaternary nitrogens is 1. The Bertz CT molecular complexity index is 1450. The first-order valence-corrected chi connectivity index (χ1v) is 33.2. The van der Waals surface area contributed by atoms with Gasteiger partial charge >= 0.3 is 0 Å². The van der Waals surface area contributed by atoms with Gasteiger partial charge in [-0.2, -0.15) is 0 Å². The van der Waals surface area contributed by atoms with Crippen LogP contribution in [0.2, 0.25) is 0 Å². The van der Waals surface area contributed by atoms with E-state index in [0.717, 1.165) is 83.5 Å². The Morgan fingerprint density at radius 2 is 0.813 bits per heavy atom. The molecule has 0 spiro atoms. The molecule has 8 nitrogen and oxygen atoms in total. The molecule has 1 amide bonds. The normalized spacial score (nSPS) is 14.3. The second-order valence-electron chi connectivity index (χ2n) is 22.7. The number of amides is 1. The molecule has 0 aromatic heterocycles. The molecule has 0 bridgehead atoms. The maximum absolute atomic E-state index is 13.0. The number of aliphatic hydroxyl groups excluding tert-OH is 1. The van der Waals surface area contributed by atoms with Gasteiger partial charge in [-0.15, -0.1) is 0 Å². The van der Waals surface area contributed by atoms with E-state index in [9.17, 15) is 19.4 Å². The van der Waals surface area contributed by atoms with Crippen LogP contribution in [0.4, 0.5) is 0 Å². The first-order chi connectivity index (χ1) is 36.5. The van der Waals surface area contributed by atoms with Crippen LogP contribution in [-0.4, -0.2) is 68.5 Å². The zero-order valence-corrected chi connectivity index (χ0v) is 50.9. The number of allylic oxidation sites excluding steroid dienone is 12. The number of rotatable bonds is 58. The summed E-state index contributed by atoms with van der Waals surface area (Å²) in [7, 11) is 1.30. The molecular weight excluding hydrogens is 948 g/mol. The molecule has 0 saturated carbocycles. The van der Waals surface area contributed by atoms with Gasteiger partial charge in [0.25, 0.3) is 7.82 Å². The molecule has 0 saturated heterocycles. The van der Waals surface area contributed by atoms with Gasteiger partial charge in [-0.05, 0) is 64.2 Å². The van der Waals surface area contributed by atoms with Crippen molar-refractivity contribution in [2.24, 2.45) is 0 Å². The molecule has 2 N–H and O–H groups in total. The van der Waals surface area contributed by atoms with Gasteiger partial charge < -0.3 is 28.8 Å². The molecule has 3 atom stereocenters. The van der Waals surface area contributed by atoms with Crippen LogP contribution in [0.1, 0.15) is 290 Å². The Balaban J connectivity index is 4.15. The van der Waals surface area contributed by atoms with Crippen LogP contribution >= 0.6 is 7.82 Å². The number of carbonyl (C=O) groups is 1. The van der Waals surface area contributed by atoms with Gasteiger partial charge in [-0.25, -0.2) is 0 Å². The lowest BCUT2D eigenvalue weighted by atomic mass is 10.0. The summed E-state index contributed by atoms with van der Waals surface area (Å²) in [5.41, 5.74) is 0. The van der Waals surface area contributed by atoms with Crippen LogP contribution in [0, 0.1) is 0 Å². The molecule has 9 heteroatoms. The van der Waals surface area contributed by atoms with Gasteiger partial charge in [0, 0.05) is 6.42 Å². The van der Waals surface area contributed by atoms with E-state index in [1.165, 1.54) is 180 Å². The Hall–Kier alpha value is -2.06. The predicted molar refractivity (Wildman–Crippen MR) is 325 cm³/mol. The Morgan fingerprint density at radius 3 is 1.19 bits per heavy atom. The van der Waals surface area contributed by atoms with Crippen LogP contribution in [0.5, 0.6) is 0 Å². The summed E-state index contributed by atoms with van der Waals surface area (Å²) in [6.45, 7) is 4.63. The van der Waals surface area contributed by atoms with E-state index in [-0.39, 0.29) is 19.1 Å². The van der Waals surface area contributed by atoms with Crippen molar-refractivity contribution in [1.82, 2.24) is 5.32 Å². The second-order valence-corrected chi connectivity index (χ2v) is 24.2. The molecule has 0 heterocycles. The Morgan fingerprint density at radius 1 is 0.480 bits per heavy atom. The maximum Gasteiger partial charge on any atom is 0.268 e. The summed E-state index contributed by atoms with van der Waals surface area (Å²) in [6, 6.07) is -0.811. The largest absolute Gasteiger partial charge is 0.756 e. The van der Waals surface area contributed by atoms with Crippen LogP contribution in [-0.2, 0) is 18.4 Å². The quantitative estimate of drug-likeness (QED) is 0.0272. The van der Waals surface area contributed by atoms with Crippen molar-refractivity contribution in [1.29, 1.82) is 0 Å². The molecule has 0 radical (unpaired) electrons. The summed E-state index contributed by atoms with van der Waals surface area (Å²) >= 11 is 0. The number of aliphatic hydroxyl groups is 1. The highest BCUT2D eigenvalue weighted by Gasteiger charge is 2.24. The summed E-state index contributed by atoms with van der Waals surface area (Å²) in [5, 5.41) is 14.1. The molecule has 0 aliphatic heterocycles. The topological polar surface area (TPSA) is 108 Å². The molecule has 0 fully saturated rings. The SMILES string of the molecule is CC/C=C\C/C=C\C/C=C\C/C=C\C/C=C\C/C=C\CCCCCCCCCCC(=O)NC(COP(=O)([O-])OCC[N+](C)(C)C)C(O)CCCCCCCCCCCCCCCCCCCCCCCCCCCC. The van der Waals surface area contributed by atoms with Crippen LogP contribution in [0.3, 0.4) is 0 Å². The minimum absolute atomic E-state index is 0.00771. The average molecular weight is 1070 g/mol. The molecular formula is C66H123N2O6P. The summed E-state index contributed by atoms with van der Waals surface area (Å²) < 4.78 is 23.5. The summed E-state index contributed by atoms with van der Waals surface area (Å²) in [5.74, 6) is -0.172. The number of carbonyl (C=O) groups excluding carboxylic acids is 1. The molecule has 438 valence electrons. The molecule has 0 rings (SSSR count). The zero-order valence-electron chi connectivity index (χ0n) is 50.0. The zero-order chi connectivity index (χ0) is 54.9. The van der Waals surface area contributed by atoms with E-state index in [0.29, 0.717) is 23.9 Å². The highest BCUT2D eigenvalue weighted by atomic mass is 31.2. The standard InChI is InChI=1S/C66H123N2O6P/c1-6-8-10-12-14-16-18-20-22-24-26-28-30-32-34-36-38-40-42-44-46-48-50-52-54-56-58-60-66(70)67-64(63-74-75(71,72)73-62-61-68(3,4)5)65(69)59-57-55-53-51-49-47-45-43-41-39-37-35-33-31-29-27-25-23-21-19-17-15-13-11-9-7-2/h8,10,14,16,20,22,26,28,32,34,38,40,64-65,69H,6-7,9,11-13,15,17-19,21,23-25,27,29-31,33,35-37,39,41-63H2,1-5H3,(H-,67,70,71,72)/b10-8-,16-14-,22-20-,28-26-,34-32-,40-38-. The summed E-state index contributed by atoms with van der Waals surface area (Å²) in [4.78, 5) is 25.6. The highest BCUT2D eigenvalue weighted by Crippen LogP contribution is 2.38. The fourth-order valence-electron chi connectivity index (χ4n) is 9.28. The third-order valence-corrected chi connectivity index (χ3v) is 15.2. The highest BCUT2D eigenvalue weighted by molar-refractivity contribution is 7.45. The lowest BCUT2D eigenvalue weighted by molar-refractivity contribution is -0.870. The van der Waals surface area contributed by atoms with Gasteiger partial charge in [0.2, 0.25) is 5.91 Å². The molecule has 0 aromatic rings. The lowest BCUT2D eigenvalue weighted by Gasteiger charge is -2.30. The lowest BCUT2D eigenvalue weighted by Crippen LogP contribution is -2.46. The molecule has 3 unspecified atom stereocenters. The molecule has 0 aliphatic rings. The minimum Gasteiger partial charge on any atom is -0.756 e. The van der Waals surface area contributed by atoms with Crippen molar-refractivity contribution in [3.05, 3.63) is 72.9 Å². The van der Waals surface area contributed by atoms with E-state index < -0.39 is 20.0 Å². The van der Waals surface area contributed by atoms with E-state index >= 15 is 0 Å².